The van der Waals surface area contributed by atoms with Gasteiger partial charge in [0.05, 0.1) is 10.6 Å². The van der Waals surface area contributed by atoms with Gasteiger partial charge in [0.15, 0.2) is 0 Å². The normalized spacial score (nSPS) is 10.9. The van der Waals surface area contributed by atoms with Crippen LogP contribution in [0.1, 0.15) is 0 Å². The Hall–Kier alpha value is -2.68. The molecule has 2 aromatic rings. The van der Waals surface area contributed by atoms with Crippen molar-refractivity contribution in [3.05, 3.63) is 52.7 Å². The van der Waals surface area contributed by atoms with Gasteiger partial charge < -0.3 is 5.32 Å². The smallest absolute Gasteiger partial charge is 0.271 e. The third-order valence-electron chi connectivity index (χ3n) is 2.61. The number of hydrogen-bond donors (Lipinski definition) is 2. The summed E-state index contributed by atoms with van der Waals surface area (Å²) in [6, 6.07) is 8.13. The fraction of sp³-hybridized carbons (Fsp3) is 0.0833. The second-order valence-corrected chi connectivity index (χ2v) is 5.66. The van der Waals surface area contributed by atoms with Crippen LogP contribution in [-0.2, 0) is 10.0 Å². The molecule has 0 saturated carbocycles. The van der Waals surface area contributed by atoms with Gasteiger partial charge in [0.2, 0.25) is 0 Å². The molecule has 1 aromatic carbocycles. The van der Waals surface area contributed by atoms with Crippen LogP contribution in [0.4, 0.5) is 17.2 Å². The summed E-state index contributed by atoms with van der Waals surface area (Å²) in [7, 11) is -2.35. The van der Waals surface area contributed by atoms with Crippen molar-refractivity contribution < 1.29 is 13.3 Å². The summed E-state index contributed by atoms with van der Waals surface area (Å²) in [5.41, 5.74) is -0.0923. The van der Waals surface area contributed by atoms with Crippen LogP contribution < -0.4 is 10.0 Å². The van der Waals surface area contributed by atoms with Gasteiger partial charge >= 0.3 is 0 Å². The second kappa shape index (κ2) is 5.75. The SMILES string of the molecule is CNc1ncccc1S(=O)(=O)Nc1cccc([N+](=O)[O-])c1. The van der Waals surface area contributed by atoms with E-state index in [4.69, 9.17) is 0 Å². The van der Waals surface area contributed by atoms with Gasteiger partial charge in [-0.15, -0.1) is 0 Å². The Bertz CT molecular complexity index is 776. The number of benzene rings is 1. The predicted octanol–water partition coefficient (Wildman–Crippen LogP) is 1.83. The Morgan fingerprint density at radius 1 is 1.24 bits per heavy atom. The molecule has 0 aliphatic rings. The van der Waals surface area contributed by atoms with E-state index in [1.165, 1.54) is 36.5 Å². The molecule has 0 unspecified atom stereocenters. The largest absolute Gasteiger partial charge is 0.372 e. The minimum absolute atomic E-state index is 0.0426. The number of rotatable bonds is 5. The van der Waals surface area contributed by atoms with Gasteiger partial charge in [0, 0.05) is 25.4 Å². The molecule has 9 heteroatoms. The maximum absolute atomic E-state index is 12.3. The number of hydrogen-bond acceptors (Lipinski definition) is 6. The van der Waals surface area contributed by atoms with Crippen LogP contribution in [0.3, 0.4) is 0 Å². The van der Waals surface area contributed by atoms with E-state index in [0.717, 1.165) is 6.07 Å². The lowest BCUT2D eigenvalue weighted by Crippen LogP contribution is -2.15. The van der Waals surface area contributed by atoms with E-state index in [0.29, 0.717) is 0 Å². The van der Waals surface area contributed by atoms with Gasteiger partial charge in [-0.05, 0) is 18.2 Å². The number of anilines is 2. The van der Waals surface area contributed by atoms with Crippen molar-refractivity contribution in [1.82, 2.24) is 4.98 Å². The summed E-state index contributed by atoms with van der Waals surface area (Å²) in [5.74, 6) is 0.190. The van der Waals surface area contributed by atoms with Crippen molar-refractivity contribution in [3.63, 3.8) is 0 Å². The first-order valence-corrected chi connectivity index (χ1v) is 7.32. The third kappa shape index (κ3) is 3.26. The molecule has 0 radical (unpaired) electrons. The number of nitrogens with zero attached hydrogens (tertiary/aromatic N) is 2. The Kier molecular flexibility index (Phi) is 4.03. The Balaban J connectivity index is 2.38. The van der Waals surface area contributed by atoms with Crippen molar-refractivity contribution in [2.45, 2.75) is 4.90 Å². The van der Waals surface area contributed by atoms with E-state index in [1.54, 1.807) is 7.05 Å². The third-order valence-corrected chi connectivity index (χ3v) is 4.02. The first kappa shape index (κ1) is 14.7. The van der Waals surface area contributed by atoms with Crippen LogP contribution in [0.5, 0.6) is 0 Å². The first-order chi connectivity index (χ1) is 9.94. The van der Waals surface area contributed by atoms with E-state index in [1.807, 2.05) is 0 Å². The van der Waals surface area contributed by atoms with E-state index < -0.39 is 14.9 Å². The summed E-state index contributed by atoms with van der Waals surface area (Å²) in [5, 5.41) is 13.4. The lowest BCUT2D eigenvalue weighted by molar-refractivity contribution is -0.384. The van der Waals surface area contributed by atoms with Crippen LogP contribution in [0.2, 0.25) is 0 Å². The number of nitro benzene ring substituents is 1. The number of aromatic nitrogens is 1. The Labute approximate surface area is 121 Å². The van der Waals surface area contributed by atoms with Crippen LogP contribution in [0.25, 0.3) is 0 Å². The van der Waals surface area contributed by atoms with Crippen LogP contribution in [0, 0.1) is 10.1 Å². The fourth-order valence-corrected chi connectivity index (χ4v) is 2.90. The Morgan fingerprint density at radius 3 is 2.67 bits per heavy atom. The van der Waals surface area contributed by atoms with E-state index in [2.05, 4.69) is 15.0 Å². The second-order valence-electron chi connectivity index (χ2n) is 4.01. The van der Waals surface area contributed by atoms with Crippen molar-refractivity contribution in [1.29, 1.82) is 0 Å². The van der Waals surface area contributed by atoms with Gasteiger partial charge in [0.1, 0.15) is 10.7 Å². The highest BCUT2D eigenvalue weighted by Gasteiger charge is 2.19. The lowest BCUT2D eigenvalue weighted by atomic mass is 10.3. The van der Waals surface area contributed by atoms with E-state index >= 15 is 0 Å². The average molecular weight is 308 g/mol. The number of nitrogens with one attached hydrogen (secondary N) is 2. The highest BCUT2D eigenvalue weighted by molar-refractivity contribution is 7.92. The van der Waals surface area contributed by atoms with Gasteiger partial charge in [-0.1, -0.05) is 6.07 Å². The average Bonchev–Trinajstić information content (AvgIpc) is 2.47. The molecule has 0 spiro atoms. The number of nitro groups is 1. The minimum atomic E-state index is -3.90. The molecule has 0 aliphatic carbocycles. The maximum atomic E-state index is 12.3. The van der Waals surface area contributed by atoms with Gasteiger partial charge in [-0.25, -0.2) is 13.4 Å². The molecular formula is C12H12N4O4S. The molecule has 0 fully saturated rings. The summed E-state index contributed by atoms with van der Waals surface area (Å²) in [6.07, 6.45) is 1.46. The minimum Gasteiger partial charge on any atom is -0.372 e. The monoisotopic (exact) mass is 308 g/mol. The molecule has 0 aliphatic heterocycles. The lowest BCUT2D eigenvalue weighted by Gasteiger charge is -2.10. The number of non-ortho nitro benzene ring substituents is 1. The summed E-state index contributed by atoms with van der Waals surface area (Å²) in [6.45, 7) is 0. The summed E-state index contributed by atoms with van der Waals surface area (Å²) in [4.78, 5) is 14.0. The molecular weight excluding hydrogens is 296 g/mol. The zero-order valence-electron chi connectivity index (χ0n) is 11.0. The zero-order chi connectivity index (χ0) is 15.5. The maximum Gasteiger partial charge on any atom is 0.271 e. The molecule has 110 valence electrons. The van der Waals surface area contributed by atoms with E-state index in [9.17, 15) is 18.5 Å². The summed E-state index contributed by atoms with van der Waals surface area (Å²) < 4.78 is 26.9. The molecule has 2 N–H and O–H groups in total. The zero-order valence-corrected chi connectivity index (χ0v) is 11.8. The van der Waals surface area contributed by atoms with Crippen LogP contribution in [0.15, 0.2) is 47.5 Å². The van der Waals surface area contributed by atoms with Crippen molar-refractivity contribution in [2.75, 3.05) is 17.1 Å². The van der Waals surface area contributed by atoms with Crippen LogP contribution >= 0.6 is 0 Å². The molecule has 1 aromatic heterocycles. The molecule has 8 nitrogen and oxygen atoms in total. The number of sulfonamides is 1. The predicted molar refractivity (Wildman–Crippen MR) is 77.7 cm³/mol. The van der Waals surface area contributed by atoms with Gasteiger partial charge in [-0.2, -0.15) is 0 Å². The highest BCUT2D eigenvalue weighted by Crippen LogP contribution is 2.23. The standard InChI is InChI=1S/C12H12N4O4S/c1-13-12-11(6-3-7-14-12)21(19,20)15-9-4-2-5-10(8-9)16(17)18/h2-8,15H,1H3,(H,13,14). The molecule has 2 rings (SSSR count). The molecule has 0 bridgehead atoms. The molecule has 1 heterocycles. The Morgan fingerprint density at radius 2 is 2.00 bits per heavy atom. The topological polar surface area (TPSA) is 114 Å². The fourth-order valence-electron chi connectivity index (χ4n) is 1.69. The molecule has 21 heavy (non-hydrogen) atoms. The van der Waals surface area contributed by atoms with Crippen molar-refractivity contribution in [2.24, 2.45) is 0 Å². The number of pyridine rings is 1. The van der Waals surface area contributed by atoms with Crippen LogP contribution in [-0.4, -0.2) is 25.4 Å². The summed E-state index contributed by atoms with van der Waals surface area (Å²) >= 11 is 0. The van der Waals surface area contributed by atoms with Gasteiger partial charge in [-0.3, -0.25) is 14.8 Å². The van der Waals surface area contributed by atoms with Gasteiger partial charge in [0.25, 0.3) is 15.7 Å². The first-order valence-electron chi connectivity index (χ1n) is 5.84. The van der Waals surface area contributed by atoms with E-state index in [-0.39, 0.29) is 22.1 Å². The highest BCUT2D eigenvalue weighted by atomic mass is 32.2. The van der Waals surface area contributed by atoms with Crippen molar-refractivity contribution >= 4 is 27.2 Å². The van der Waals surface area contributed by atoms with Crippen molar-refractivity contribution in [3.8, 4) is 0 Å². The molecule has 0 amide bonds. The molecule has 0 atom stereocenters. The molecule has 0 saturated heterocycles. The quantitative estimate of drug-likeness (QED) is 0.643.